The van der Waals surface area contributed by atoms with Gasteiger partial charge in [0.25, 0.3) is 0 Å². The number of nitrogens with zero attached hydrogens (tertiary/aromatic N) is 4. The van der Waals surface area contributed by atoms with Crippen molar-refractivity contribution < 1.29 is 14.0 Å². The van der Waals surface area contributed by atoms with Crippen molar-refractivity contribution in [3.8, 4) is 6.07 Å². The maximum absolute atomic E-state index is 14.9. The number of benzene rings is 1. The molecule has 0 bridgehead atoms. The van der Waals surface area contributed by atoms with Gasteiger partial charge in [-0.15, -0.1) is 0 Å². The van der Waals surface area contributed by atoms with Crippen LogP contribution in [0.4, 0.5) is 15.8 Å². The normalized spacial score (nSPS) is 14.5. The van der Waals surface area contributed by atoms with E-state index in [4.69, 9.17) is 0 Å². The van der Waals surface area contributed by atoms with Gasteiger partial charge in [0.2, 0.25) is 5.91 Å². The fourth-order valence-corrected chi connectivity index (χ4v) is 3.76. The molecule has 1 aliphatic carbocycles. The second-order valence-electron chi connectivity index (χ2n) is 8.58. The Morgan fingerprint density at radius 2 is 1.94 bits per heavy atom. The van der Waals surface area contributed by atoms with E-state index in [0.717, 1.165) is 5.56 Å². The number of Topliss-reactive ketones (excluding diaryl/α,β-unsaturated/α-hetero) is 1. The first-order valence-corrected chi connectivity index (χ1v) is 10.8. The Morgan fingerprint density at radius 3 is 2.59 bits per heavy atom. The molecule has 2 N–H and O–H groups in total. The predicted octanol–water partition coefficient (Wildman–Crippen LogP) is 4.16. The third kappa shape index (κ3) is 4.91. The number of anilines is 2. The van der Waals surface area contributed by atoms with Crippen molar-refractivity contribution in [2.45, 2.75) is 39.2 Å². The van der Waals surface area contributed by atoms with E-state index in [1.807, 2.05) is 13.0 Å². The molecule has 1 atom stereocenters. The maximum Gasteiger partial charge on any atom is 0.227 e. The van der Waals surface area contributed by atoms with Crippen LogP contribution in [0.3, 0.4) is 0 Å². The average Bonchev–Trinajstić information content (AvgIpc) is 3.61. The number of pyridine rings is 1. The largest absolute Gasteiger partial charge is 0.353 e. The molecule has 3 aromatic rings. The molecule has 1 amide bonds. The van der Waals surface area contributed by atoms with Crippen LogP contribution in [0.1, 0.15) is 59.4 Å². The SMILES string of the molecule is Cc1ccc(Nc2cnc([C@H](C)NC(=O)C3(CC(=O)c4cncnc4)CC3)c(F)c2)c(C#N)c1. The summed E-state index contributed by atoms with van der Waals surface area (Å²) in [6.45, 7) is 3.53. The van der Waals surface area contributed by atoms with Crippen molar-refractivity contribution in [3.63, 3.8) is 0 Å². The van der Waals surface area contributed by atoms with Crippen molar-refractivity contribution in [1.82, 2.24) is 20.3 Å². The Morgan fingerprint density at radius 1 is 1.21 bits per heavy atom. The molecule has 0 unspecified atom stereocenters. The molecular weight excluding hydrogens is 435 g/mol. The summed E-state index contributed by atoms with van der Waals surface area (Å²) < 4.78 is 14.9. The molecule has 0 radical (unpaired) electrons. The fourth-order valence-electron chi connectivity index (χ4n) is 3.76. The van der Waals surface area contributed by atoms with Crippen LogP contribution in [0, 0.1) is 29.5 Å². The van der Waals surface area contributed by atoms with Gasteiger partial charge in [0, 0.05) is 24.9 Å². The van der Waals surface area contributed by atoms with Crippen LogP contribution in [0.2, 0.25) is 0 Å². The molecule has 0 spiro atoms. The van der Waals surface area contributed by atoms with Crippen molar-refractivity contribution in [2.24, 2.45) is 5.41 Å². The van der Waals surface area contributed by atoms with Crippen LogP contribution < -0.4 is 10.6 Å². The highest BCUT2D eigenvalue weighted by atomic mass is 19.1. The topological polar surface area (TPSA) is 121 Å². The lowest BCUT2D eigenvalue weighted by Crippen LogP contribution is -2.36. The van der Waals surface area contributed by atoms with Gasteiger partial charge < -0.3 is 10.6 Å². The molecule has 1 aliphatic rings. The van der Waals surface area contributed by atoms with E-state index in [-0.39, 0.29) is 23.8 Å². The molecule has 4 rings (SSSR count). The van der Waals surface area contributed by atoms with E-state index < -0.39 is 17.3 Å². The number of halogens is 1. The number of ketones is 1. The highest BCUT2D eigenvalue weighted by Crippen LogP contribution is 2.50. The smallest absolute Gasteiger partial charge is 0.227 e. The minimum atomic E-state index is -0.793. The summed E-state index contributed by atoms with van der Waals surface area (Å²) >= 11 is 0. The van der Waals surface area contributed by atoms with Crippen LogP contribution >= 0.6 is 0 Å². The fraction of sp³-hybridized carbons (Fsp3) is 0.280. The number of rotatable bonds is 8. The number of hydrogen-bond donors (Lipinski definition) is 2. The molecule has 9 heteroatoms. The molecule has 8 nitrogen and oxygen atoms in total. The third-order valence-corrected chi connectivity index (χ3v) is 5.92. The summed E-state index contributed by atoms with van der Waals surface area (Å²) in [6.07, 6.45) is 6.87. The first kappa shape index (κ1) is 23.0. The maximum atomic E-state index is 14.9. The third-order valence-electron chi connectivity index (χ3n) is 5.92. The Labute approximate surface area is 196 Å². The molecular formula is C25H23FN6O2. The van der Waals surface area contributed by atoms with E-state index in [2.05, 4.69) is 31.7 Å². The van der Waals surface area contributed by atoms with Crippen LogP contribution in [0.25, 0.3) is 0 Å². The first-order valence-electron chi connectivity index (χ1n) is 10.8. The Kier molecular flexibility index (Phi) is 6.32. The zero-order chi connectivity index (χ0) is 24.3. The Balaban J connectivity index is 1.42. The summed E-state index contributed by atoms with van der Waals surface area (Å²) in [5.41, 5.74) is 1.97. The van der Waals surface area contributed by atoms with Crippen LogP contribution in [-0.4, -0.2) is 26.6 Å². The molecule has 0 saturated heterocycles. The molecule has 1 fully saturated rings. The minimum absolute atomic E-state index is 0.0511. The lowest BCUT2D eigenvalue weighted by atomic mass is 9.95. The number of carbonyl (C=O) groups is 2. The van der Waals surface area contributed by atoms with E-state index >= 15 is 0 Å². The Hall–Kier alpha value is -4.19. The monoisotopic (exact) mass is 458 g/mol. The molecule has 172 valence electrons. The van der Waals surface area contributed by atoms with Gasteiger partial charge in [-0.05, 0) is 44.4 Å². The summed E-state index contributed by atoms with van der Waals surface area (Å²) in [5.74, 6) is -1.09. The van der Waals surface area contributed by atoms with Gasteiger partial charge in [0.15, 0.2) is 5.78 Å². The van der Waals surface area contributed by atoms with Gasteiger partial charge in [-0.25, -0.2) is 14.4 Å². The number of aryl methyl sites for hydroxylation is 1. The standard InChI is InChI=1S/C25H23FN6O2/c1-15-3-4-21(17(7-15)10-27)32-19-8-20(26)23(30-13-19)16(2)31-24(34)25(5-6-25)9-22(33)18-11-28-14-29-12-18/h3-4,7-8,11-14,16,32H,5-6,9H2,1-2H3,(H,31,34)/t16-/m0/s1. The van der Waals surface area contributed by atoms with E-state index in [9.17, 15) is 19.2 Å². The number of nitrogens with one attached hydrogen (secondary N) is 2. The highest BCUT2D eigenvalue weighted by molar-refractivity contribution is 6.00. The summed E-state index contributed by atoms with van der Waals surface area (Å²) in [6, 6.07) is 8.03. The number of hydrogen-bond acceptors (Lipinski definition) is 7. The van der Waals surface area contributed by atoms with E-state index in [1.165, 1.54) is 31.0 Å². The van der Waals surface area contributed by atoms with Crippen molar-refractivity contribution in [1.29, 1.82) is 5.26 Å². The molecule has 2 aromatic heterocycles. The molecule has 1 aromatic carbocycles. The highest BCUT2D eigenvalue weighted by Gasteiger charge is 2.51. The van der Waals surface area contributed by atoms with Crippen molar-refractivity contribution >= 4 is 23.1 Å². The van der Waals surface area contributed by atoms with Gasteiger partial charge in [-0.3, -0.25) is 14.6 Å². The van der Waals surface area contributed by atoms with Crippen LogP contribution in [0.5, 0.6) is 0 Å². The summed E-state index contributed by atoms with van der Waals surface area (Å²) in [4.78, 5) is 37.3. The van der Waals surface area contributed by atoms with Gasteiger partial charge in [0.1, 0.15) is 18.2 Å². The lowest BCUT2D eigenvalue weighted by molar-refractivity contribution is -0.127. The average molecular weight is 458 g/mol. The molecule has 1 saturated carbocycles. The number of aromatic nitrogens is 3. The quantitative estimate of drug-likeness (QED) is 0.486. The zero-order valence-corrected chi connectivity index (χ0v) is 18.8. The van der Waals surface area contributed by atoms with Crippen LogP contribution in [-0.2, 0) is 4.79 Å². The number of amides is 1. The van der Waals surface area contributed by atoms with E-state index in [1.54, 1.807) is 19.1 Å². The molecule has 2 heterocycles. The predicted molar refractivity (Wildman–Crippen MR) is 123 cm³/mol. The van der Waals surface area contributed by atoms with Crippen LogP contribution in [0.15, 0.2) is 49.2 Å². The molecule has 34 heavy (non-hydrogen) atoms. The Bertz CT molecular complexity index is 1280. The second kappa shape index (κ2) is 9.35. The van der Waals surface area contributed by atoms with Gasteiger partial charge >= 0.3 is 0 Å². The summed E-state index contributed by atoms with van der Waals surface area (Å²) in [5, 5.41) is 15.1. The lowest BCUT2D eigenvalue weighted by Gasteiger charge is -2.20. The minimum Gasteiger partial charge on any atom is -0.353 e. The molecule has 0 aliphatic heterocycles. The van der Waals surface area contributed by atoms with Gasteiger partial charge in [-0.2, -0.15) is 5.26 Å². The van der Waals surface area contributed by atoms with E-state index in [0.29, 0.717) is 35.3 Å². The number of nitriles is 1. The van der Waals surface area contributed by atoms with Crippen molar-refractivity contribution in [3.05, 3.63) is 77.4 Å². The van der Waals surface area contributed by atoms with Gasteiger partial charge in [0.05, 0.1) is 45.8 Å². The summed E-state index contributed by atoms with van der Waals surface area (Å²) in [7, 11) is 0. The van der Waals surface area contributed by atoms with Crippen molar-refractivity contribution in [2.75, 3.05) is 5.32 Å². The number of carbonyl (C=O) groups excluding carboxylic acids is 2. The zero-order valence-electron chi connectivity index (χ0n) is 18.8. The first-order chi connectivity index (χ1) is 16.3. The van der Waals surface area contributed by atoms with Gasteiger partial charge in [-0.1, -0.05) is 6.07 Å². The second-order valence-corrected chi connectivity index (χ2v) is 8.58.